The quantitative estimate of drug-likeness (QED) is 0.624. The number of halogens is 1. The zero-order valence-corrected chi connectivity index (χ0v) is 17.2. The van der Waals surface area contributed by atoms with E-state index in [1.807, 2.05) is 24.3 Å². The molecule has 0 heterocycles. The van der Waals surface area contributed by atoms with Gasteiger partial charge in [0.25, 0.3) is 0 Å². The van der Waals surface area contributed by atoms with Crippen LogP contribution in [0, 0.1) is 5.92 Å². The zero-order valence-electron chi connectivity index (χ0n) is 14.8. The molecule has 0 spiro atoms. The standard InChI is InChI=1S/C17H26BrN3O3S/c1-17(2,3)25(23,24)21-14-9-7-12(8-10-14)16(22)20-19-15-6-4-5-13(18)11-15/h4-6,11-12,14,19,21H,7-10H2,1-3H3,(H,20,22). The molecule has 0 unspecified atom stereocenters. The highest BCUT2D eigenvalue weighted by molar-refractivity contribution is 9.10. The van der Waals surface area contributed by atoms with Crippen molar-refractivity contribution >= 4 is 37.5 Å². The lowest BCUT2D eigenvalue weighted by Crippen LogP contribution is -2.47. The summed E-state index contributed by atoms with van der Waals surface area (Å²) >= 11 is 3.38. The first-order valence-corrected chi connectivity index (χ1v) is 10.7. The molecule has 1 aliphatic rings. The molecule has 0 aromatic heterocycles. The summed E-state index contributed by atoms with van der Waals surface area (Å²) in [5.41, 5.74) is 6.45. The molecule has 1 aromatic carbocycles. The van der Waals surface area contributed by atoms with E-state index in [-0.39, 0.29) is 17.9 Å². The zero-order chi connectivity index (χ0) is 18.7. The van der Waals surface area contributed by atoms with E-state index < -0.39 is 14.8 Å². The van der Waals surface area contributed by atoms with Crippen molar-refractivity contribution < 1.29 is 13.2 Å². The van der Waals surface area contributed by atoms with Crippen molar-refractivity contribution in [1.82, 2.24) is 10.1 Å². The van der Waals surface area contributed by atoms with E-state index in [0.29, 0.717) is 25.7 Å². The molecule has 1 saturated carbocycles. The van der Waals surface area contributed by atoms with Crippen LogP contribution < -0.4 is 15.6 Å². The summed E-state index contributed by atoms with van der Waals surface area (Å²) in [6.45, 7) is 5.05. The van der Waals surface area contributed by atoms with Crippen LogP contribution in [0.4, 0.5) is 5.69 Å². The maximum Gasteiger partial charge on any atom is 0.241 e. The first-order chi connectivity index (χ1) is 11.6. The van der Waals surface area contributed by atoms with Gasteiger partial charge in [0, 0.05) is 16.4 Å². The molecule has 25 heavy (non-hydrogen) atoms. The highest BCUT2D eigenvalue weighted by Crippen LogP contribution is 2.26. The topological polar surface area (TPSA) is 87.3 Å². The molecule has 0 bridgehead atoms. The van der Waals surface area contributed by atoms with E-state index in [2.05, 4.69) is 31.5 Å². The largest absolute Gasteiger partial charge is 0.299 e. The first-order valence-electron chi connectivity index (χ1n) is 8.42. The number of nitrogens with one attached hydrogen (secondary N) is 3. The van der Waals surface area contributed by atoms with Gasteiger partial charge in [0.2, 0.25) is 15.9 Å². The fourth-order valence-electron chi connectivity index (χ4n) is 2.67. The van der Waals surface area contributed by atoms with Gasteiger partial charge in [-0.25, -0.2) is 13.1 Å². The van der Waals surface area contributed by atoms with Gasteiger partial charge >= 0.3 is 0 Å². The molecule has 0 aliphatic heterocycles. The summed E-state index contributed by atoms with van der Waals surface area (Å²) in [6, 6.07) is 7.44. The Kier molecular flexibility index (Phi) is 6.51. The van der Waals surface area contributed by atoms with Crippen molar-refractivity contribution in [3.05, 3.63) is 28.7 Å². The van der Waals surface area contributed by atoms with E-state index in [0.717, 1.165) is 10.2 Å². The van der Waals surface area contributed by atoms with Gasteiger partial charge in [-0.3, -0.25) is 15.6 Å². The van der Waals surface area contributed by atoms with Crippen LogP contribution in [0.1, 0.15) is 46.5 Å². The number of carbonyl (C=O) groups excluding carboxylic acids is 1. The SMILES string of the molecule is CC(C)(C)S(=O)(=O)NC1CCC(C(=O)NNc2cccc(Br)c2)CC1. The van der Waals surface area contributed by atoms with Crippen molar-refractivity contribution in [2.75, 3.05) is 5.43 Å². The lowest BCUT2D eigenvalue weighted by atomic mass is 9.86. The molecule has 6 nitrogen and oxygen atoms in total. The van der Waals surface area contributed by atoms with E-state index in [1.165, 1.54) is 0 Å². The van der Waals surface area contributed by atoms with Gasteiger partial charge in [0.15, 0.2) is 0 Å². The van der Waals surface area contributed by atoms with Gasteiger partial charge in [0.1, 0.15) is 0 Å². The predicted molar refractivity (Wildman–Crippen MR) is 103 cm³/mol. The summed E-state index contributed by atoms with van der Waals surface area (Å²) < 4.78 is 27.3. The van der Waals surface area contributed by atoms with Crippen molar-refractivity contribution in [3.8, 4) is 0 Å². The number of sulfonamides is 1. The van der Waals surface area contributed by atoms with Crippen molar-refractivity contribution in [1.29, 1.82) is 0 Å². The second-order valence-electron chi connectivity index (χ2n) is 7.41. The Labute approximate surface area is 158 Å². The van der Waals surface area contributed by atoms with E-state index >= 15 is 0 Å². The number of rotatable bonds is 5. The fraction of sp³-hybridized carbons (Fsp3) is 0.588. The number of benzene rings is 1. The van der Waals surface area contributed by atoms with E-state index in [9.17, 15) is 13.2 Å². The molecule has 1 aliphatic carbocycles. The first kappa shape index (κ1) is 20.2. The molecular formula is C17H26BrN3O3S. The molecule has 8 heteroatoms. The van der Waals surface area contributed by atoms with Gasteiger partial charge in [-0.1, -0.05) is 22.0 Å². The highest BCUT2D eigenvalue weighted by atomic mass is 79.9. The van der Waals surface area contributed by atoms with Crippen LogP contribution in [-0.2, 0) is 14.8 Å². The molecule has 1 fully saturated rings. The normalized spacial score (nSPS) is 21.6. The van der Waals surface area contributed by atoms with Crippen LogP contribution in [0.3, 0.4) is 0 Å². The molecule has 1 amide bonds. The monoisotopic (exact) mass is 431 g/mol. The van der Waals surface area contributed by atoms with Crippen LogP contribution in [-0.4, -0.2) is 25.1 Å². The smallest absolute Gasteiger partial charge is 0.241 e. The molecule has 0 radical (unpaired) electrons. The second kappa shape index (κ2) is 8.05. The number of hydrazine groups is 1. The highest BCUT2D eigenvalue weighted by Gasteiger charge is 2.34. The number of amides is 1. The van der Waals surface area contributed by atoms with Crippen molar-refractivity contribution in [2.24, 2.45) is 5.92 Å². The van der Waals surface area contributed by atoms with Crippen molar-refractivity contribution in [3.63, 3.8) is 0 Å². The Morgan fingerprint density at radius 1 is 1.16 bits per heavy atom. The molecule has 0 atom stereocenters. The third-order valence-electron chi connectivity index (χ3n) is 4.38. The van der Waals surface area contributed by atoms with Gasteiger partial charge in [-0.2, -0.15) is 0 Å². The lowest BCUT2D eigenvalue weighted by molar-refractivity contribution is -0.125. The Bertz CT molecular complexity index is 708. The number of anilines is 1. The molecule has 2 rings (SSSR count). The Balaban J connectivity index is 1.80. The van der Waals surface area contributed by atoms with Crippen molar-refractivity contribution in [2.45, 2.75) is 57.2 Å². The summed E-state index contributed by atoms with van der Waals surface area (Å²) in [4.78, 5) is 12.3. The number of hydrogen-bond acceptors (Lipinski definition) is 4. The molecule has 0 saturated heterocycles. The maximum absolute atomic E-state index is 12.3. The summed E-state index contributed by atoms with van der Waals surface area (Å²) in [5, 5.41) is 0. The maximum atomic E-state index is 12.3. The minimum Gasteiger partial charge on any atom is -0.299 e. The number of carbonyl (C=O) groups is 1. The molecule has 1 aromatic rings. The van der Waals surface area contributed by atoms with Crippen LogP contribution >= 0.6 is 15.9 Å². The van der Waals surface area contributed by atoms with Gasteiger partial charge in [-0.15, -0.1) is 0 Å². The van der Waals surface area contributed by atoms with Crippen LogP contribution in [0.5, 0.6) is 0 Å². The lowest BCUT2D eigenvalue weighted by Gasteiger charge is -2.30. The Morgan fingerprint density at radius 2 is 1.80 bits per heavy atom. The Morgan fingerprint density at radius 3 is 2.36 bits per heavy atom. The van der Waals surface area contributed by atoms with Crippen LogP contribution in [0.15, 0.2) is 28.7 Å². The second-order valence-corrected chi connectivity index (χ2v) is 10.8. The van der Waals surface area contributed by atoms with E-state index in [1.54, 1.807) is 20.8 Å². The van der Waals surface area contributed by atoms with E-state index in [4.69, 9.17) is 0 Å². The molecule has 140 valence electrons. The van der Waals surface area contributed by atoms with Crippen LogP contribution in [0.25, 0.3) is 0 Å². The fourth-order valence-corrected chi connectivity index (χ4v) is 4.10. The van der Waals surface area contributed by atoms with Gasteiger partial charge < -0.3 is 0 Å². The number of hydrogen-bond donors (Lipinski definition) is 3. The van der Waals surface area contributed by atoms with Gasteiger partial charge in [-0.05, 0) is 64.7 Å². The summed E-state index contributed by atoms with van der Waals surface area (Å²) in [7, 11) is -3.35. The average Bonchev–Trinajstić information content (AvgIpc) is 2.52. The van der Waals surface area contributed by atoms with Gasteiger partial charge in [0.05, 0.1) is 10.4 Å². The third-order valence-corrected chi connectivity index (χ3v) is 7.13. The predicted octanol–water partition coefficient (Wildman–Crippen LogP) is 3.17. The minimum absolute atomic E-state index is 0.0582. The molecule has 3 N–H and O–H groups in total. The molecular weight excluding hydrogens is 406 g/mol. The minimum atomic E-state index is -3.35. The average molecular weight is 432 g/mol. The summed E-state index contributed by atoms with van der Waals surface area (Å²) in [5.74, 6) is -0.160. The third kappa shape index (κ3) is 5.69. The summed E-state index contributed by atoms with van der Waals surface area (Å²) in [6.07, 6.45) is 2.68. The Hall–Kier alpha value is -1.12. The van der Waals surface area contributed by atoms with Crippen LogP contribution in [0.2, 0.25) is 0 Å².